The lowest BCUT2D eigenvalue weighted by Crippen LogP contribution is -2.47. The molecule has 1 aromatic carbocycles. The lowest BCUT2D eigenvalue weighted by Gasteiger charge is -2.34. The number of ether oxygens (including phenoxy) is 1. The van der Waals surface area contributed by atoms with E-state index in [1.165, 1.54) is 0 Å². The van der Waals surface area contributed by atoms with Gasteiger partial charge < -0.3 is 19.4 Å². The molecule has 2 saturated heterocycles. The van der Waals surface area contributed by atoms with Crippen molar-refractivity contribution in [2.75, 3.05) is 39.4 Å². The van der Waals surface area contributed by atoms with Gasteiger partial charge in [-0.1, -0.05) is 37.3 Å². The molecule has 0 radical (unpaired) electrons. The van der Waals surface area contributed by atoms with Crippen LogP contribution in [0.5, 0.6) is 0 Å². The number of morpholine rings is 1. The Kier molecular flexibility index (Phi) is 5.45. The van der Waals surface area contributed by atoms with Crippen LogP contribution in [0.2, 0.25) is 0 Å². The summed E-state index contributed by atoms with van der Waals surface area (Å²) in [6, 6.07) is 13.8. The highest BCUT2D eigenvalue weighted by molar-refractivity contribution is 5.75. The van der Waals surface area contributed by atoms with Crippen molar-refractivity contribution in [3.05, 3.63) is 60.1 Å². The number of amides is 2. The second-order valence-electron chi connectivity index (χ2n) is 7.41. The Morgan fingerprint density at radius 3 is 2.59 bits per heavy atom. The number of furan rings is 1. The largest absolute Gasteiger partial charge is 0.467 e. The molecule has 6 nitrogen and oxygen atoms in total. The lowest BCUT2D eigenvalue weighted by atomic mass is 10.0. The number of carbonyl (C=O) groups is 1. The smallest absolute Gasteiger partial charge is 0.318 e. The average Bonchev–Trinajstić information content (AvgIpc) is 3.37. The maximum atomic E-state index is 13.0. The second kappa shape index (κ2) is 8.15. The Morgan fingerprint density at radius 1 is 1.11 bits per heavy atom. The second-order valence-corrected chi connectivity index (χ2v) is 7.41. The maximum Gasteiger partial charge on any atom is 0.318 e. The van der Waals surface area contributed by atoms with Crippen LogP contribution in [-0.4, -0.2) is 61.3 Å². The van der Waals surface area contributed by atoms with Gasteiger partial charge in [-0.25, -0.2) is 4.79 Å². The predicted octanol–water partition coefficient (Wildman–Crippen LogP) is 2.73. The summed E-state index contributed by atoms with van der Waals surface area (Å²) < 4.78 is 11.1. The minimum atomic E-state index is -0.286. The van der Waals surface area contributed by atoms with Crippen molar-refractivity contribution in [2.45, 2.75) is 19.0 Å². The first-order valence-corrected chi connectivity index (χ1v) is 9.68. The van der Waals surface area contributed by atoms with Crippen LogP contribution >= 0.6 is 0 Å². The van der Waals surface area contributed by atoms with Crippen molar-refractivity contribution >= 4 is 6.03 Å². The summed E-state index contributed by atoms with van der Waals surface area (Å²) in [5.41, 5.74) is 1.01. The first kappa shape index (κ1) is 18.1. The molecular weight excluding hydrogens is 342 g/mol. The molecule has 3 atom stereocenters. The van der Waals surface area contributed by atoms with E-state index >= 15 is 0 Å². The van der Waals surface area contributed by atoms with Gasteiger partial charge in [0.25, 0.3) is 0 Å². The summed E-state index contributed by atoms with van der Waals surface area (Å²) in [6.07, 6.45) is 1.64. The summed E-state index contributed by atoms with van der Waals surface area (Å²) >= 11 is 0. The van der Waals surface area contributed by atoms with Crippen molar-refractivity contribution in [2.24, 2.45) is 5.92 Å². The molecule has 3 heterocycles. The number of urea groups is 1. The van der Waals surface area contributed by atoms with Crippen LogP contribution in [0.1, 0.15) is 24.3 Å². The molecular formula is C21H27N3O3. The molecule has 144 valence electrons. The molecule has 1 N–H and O–H groups in total. The van der Waals surface area contributed by atoms with Crippen molar-refractivity contribution in [3.63, 3.8) is 0 Å². The highest BCUT2D eigenvalue weighted by Gasteiger charge is 2.37. The molecule has 2 aromatic rings. The molecule has 0 spiro atoms. The van der Waals surface area contributed by atoms with E-state index in [9.17, 15) is 4.79 Å². The fourth-order valence-corrected chi connectivity index (χ4v) is 4.13. The van der Waals surface area contributed by atoms with Gasteiger partial charge in [-0.05, 0) is 23.6 Å². The highest BCUT2D eigenvalue weighted by atomic mass is 16.5. The SMILES string of the molecule is CC1CN(C(=O)NC(c2ccccc2)c2ccco2)CC1N1CCOCC1. The Labute approximate surface area is 160 Å². The molecule has 2 amide bonds. The van der Waals surface area contributed by atoms with Gasteiger partial charge >= 0.3 is 6.03 Å². The van der Waals surface area contributed by atoms with Crippen LogP contribution in [0, 0.1) is 5.92 Å². The number of likely N-dealkylation sites (tertiary alicyclic amines) is 1. The van der Waals surface area contributed by atoms with Gasteiger partial charge in [0.05, 0.1) is 19.5 Å². The molecule has 3 unspecified atom stereocenters. The fourth-order valence-electron chi connectivity index (χ4n) is 4.13. The zero-order valence-corrected chi connectivity index (χ0v) is 15.7. The Hall–Kier alpha value is -2.31. The molecule has 2 fully saturated rings. The molecule has 2 aliphatic heterocycles. The van der Waals surface area contributed by atoms with E-state index in [0.29, 0.717) is 12.0 Å². The number of benzene rings is 1. The molecule has 4 rings (SSSR count). The number of hydrogen-bond donors (Lipinski definition) is 1. The molecule has 0 aliphatic carbocycles. The van der Waals surface area contributed by atoms with Crippen molar-refractivity contribution in [1.82, 2.24) is 15.1 Å². The zero-order chi connectivity index (χ0) is 18.6. The van der Waals surface area contributed by atoms with E-state index in [2.05, 4.69) is 17.1 Å². The number of nitrogens with zero attached hydrogens (tertiary/aromatic N) is 2. The zero-order valence-electron chi connectivity index (χ0n) is 15.7. The van der Waals surface area contributed by atoms with E-state index in [4.69, 9.17) is 9.15 Å². The third-order valence-electron chi connectivity index (χ3n) is 5.60. The fraction of sp³-hybridized carbons (Fsp3) is 0.476. The lowest BCUT2D eigenvalue weighted by molar-refractivity contribution is 0.0123. The van der Waals surface area contributed by atoms with Crippen LogP contribution in [-0.2, 0) is 4.74 Å². The predicted molar refractivity (Wildman–Crippen MR) is 102 cm³/mol. The van der Waals surface area contributed by atoms with E-state index < -0.39 is 0 Å². The van der Waals surface area contributed by atoms with Gasteiger partial charge in [-0.3, -0.25) is 4.90 Å². The molecule has 2 aliphatic rings. The van der Waals surface area contributed by atoms with Gasteiger partial charge in [0, 0.05) is 32.2 Å². The van der Waals surface area contributed by atoms with Gasteiger partial charge in [0.2, 0.25) is 0 Å². The monoisotopic (exact) mass is 369 g/mol. The molecule has 6 heteroatoms. The van der Waals surface area contributed by atoms with Crippen molar-refractivity contribution in [3.8, 4) is 0 Å². The van der Waals surface area contributed by atoms with E-state index in [-0.39, 0.29) is 12.1 Å². The first-order valence-electron chi connectivity index (χ1n) is 9.68. The van der Waals surface area contributed by atoms with Crippen LogP contribution < -0.4 is 5.32 Å². The van der Waals surface area contributed by atoms with Gasteiger partial charge in [-0.2, -0.15) is 0 Å². The average molecular weight is 369 g/mol. The molecule has 1 aromatic heterocycles. The van der Waals surface area contributed by atoms with Gasteiger partial charge in [0.1, 0.15) is 11.8 Å². The van der Waals surface area contributed by atoms with E-state index in [0.717, 1.165) is 50.7 Å². The number of hydrogen-bond acceptors (Lipinski definition) is 4. The van der Waals surface area contributed by atoms with E-state index in [1.807, 2.05) is 47.4 Å². The van der Waals surface area contributed by atoms with Gasteiger partial charge in [0.15, 0.2) is 0 Å². The summed E-state index contributed by atoms with van der Waals surface area (Å²) in [7, 11) is 0. The minimum Gasteiger partial charge on any atom is -0.467 e. The number of rotatable bonds is 4. The third-order valence-corrected chi connectivity index (χ3v) is 5.60. The minimum absolute atomic E-state index is 0.0390. The molecule has 0 bridgehead atoms. The number of carbonyl (C=O) groups excluding carboxylic acids is 1. The Morgan fingerprint density at radius 2 is 1.89 bits per heavy atom. The van der Waals surface area contributed by atoms with Crippen molar-refractivity contribution in [1.29, 1.82) is 0 Å². The normalized spacial score (nSPS) is 24.7. The number of nitrogens with one attached hydrogen (secondary N) is 1. The van der Waals surface area contributed by atoms with Crippen LogP contribution in [0.15, 0.2) is 53.1 Å². The van der Waals surface area contributed by atoms with Crippen LogP contribution in [0.3, 0.4) is 0 Å². The molecule has 27 heavy (non-hydrogen) atoms. The highest BCUT2D eigenvalue weighted by Crippen LogP contribution is 2.26. The summed E-state index contributed by atoms with van der Waals surface area (Å²) in [6.45, 7) is 7.22. The first-order chi connectivity index (χ1) is 13.2. The maximum absolute atomic E-state index is 13.0. The summed E-state index contributed by atoms with van der Waals surface area (Å²) in [5, 5.41) is 3.17. The van der Waals surface area contributed by atoms with Crippen LogP contribution in [0.25, 0.3) is 0 Å². The topological polar surface area (TPSA) is 58.0 Å². The van der Waals surface area contributed by atoms with E-state index in [1.54, 1.807) is 6.26 Å². The van der Waals surface area contributed by atoms with Crippen molar-refractivity contribution < 1.29 is 13.9 Å². The van der Waals surface area contributed by atoms with Crippen LogP contribution in [0.4, 0.5) is 4.79 Å². The molecule has 0 saturated carbocycles. The Balaban J connectivity index is 1.45. The Bertz CT molecular complexity index is 728. The quantitative estimate of drug-likeness (QED) is 0.900. The summed E-state index contributed by atoms with van der Waals surface area (Å²) in [4.78, 5) is 17.4. The standard InChI is InChI=1S/C21H27N3O3/c1-16-14-24(15-18(16)23-9-12-26-13-10-23)21(25)22-20(19-8-5-11-27-19)17-6-3-2-4-7-17/h2-8,11,16,18,20H,9-10,12-15H2,1H3,(H,22,25). The summed E-state index contributed by atoms with van der Waals surface area (Å²) in [5.74, 6) is 1.19. The third kappa shape index (κ3) is 4.01. The van der Waals surface area contributed by atoms with Gasteiger partial charge in [-0.15, -0.1) is 0 Å².